The largest absolute Gasteiger partial charge is 0.339 e. The summed E-state index contributed by atoms with van der Waals surface area (Å²) in [4.78, 5) is 7.97. The Hall–Kier alpha value is -0.970. The zero-order chi connectivity index (χ0) is 16.2. The Morgan fingerprint density at radius 2 is 2.09 bits per heavy atom. The molecule has 0 amide bonds. The molecule has 1 aliphatic rings. The molecule has 2 heterocycles. The van der Waals surface area contributed by atoms with Crippen LogP contribution in [0.25, 0.3) is 0 Å². The maximum absolute atomic E-state index is 6.49. The number of H-pyrrole nitrogens is 1. The van der Waals surface area contributed by atoms with Crippen LogP contribution in [-0.4, -0.2) is 23.1 Å². The van der Waals surface area contributed by atoms with Crippen LogP contribution in [0.1, 0.15) is 36.2 Å². The van der Waals surface area contributed by atoms with Gasteiger partial charge in [-0.15, -0.1) is 0 Å². The number of aromatic nitrogens is 2. The predicted octanol–water partition coefficient (Wildman–Crippen LogP) is 4.24. The molecule has 0 bridgehead atoms. The highest BCUT2D eigenvalue weighted by Crippen LogP contribution is 2.31. The Bertz CT molecular complexity index is 666. The summed E-state index contributed by atoms with van der Waals surface area (Å²) in [5.74, 6) is 1.50. The van der Waals surface area contributed by atoms with Crippen molar-refractivity contribution in [2.75, 3.05) is 13.1 Å². The number of benzene rings is 1. The summed E-state index contributed by atoms with van der Waals surface area (Å²) in [5.41, 5.74) is 5.29. The number of rotatable bonds is 5. The molecular weight excluding hydrogens is 326 g/mol. The van der Waals surface area contributed by atoms with Gasteiger partial charge in [0, 0.05) is 17.0 Å². The fraction of sp³-hybridized carbons (Fsp3) is 0.500. The van der Waals surface area contributed by atoms with E-state index in [2.05, 4.69) is 35.2 Å². The molecule has 3 nitrogen and oxygen atoms in total. The normalized spacial score (nSPS) is 14.8. The topological polar surface area (TPSA) is 40.7 Å². The van der Waals surface area contributed by atoms with E-state index < -0.39 is 0 Å². The van der Waals surface area contributed by atoms with Crippen LogP contribution in [0.2, 0.25) is 5.02 Å². The molecule has 1 aromatic carbocycles. The third-order valence-corrected chi connectivity index (χ3v) is 5.44. The van der Waals surface area contributed by atoms with Gasteiger partial charge in [-0.05, 0) is 61.0 Å². The number of nitrogens with one attached hydrogen (secondary N) is 2. The number of imidazole rings is 1. The van der Waals surface area contributed by atoms with Gasteiger partial charge in [0.15, 0.2) is 5.16 Å². The molecule has 0 saturated carbocycles. The third-order valence-electron chi connectivity index (χ3n) is 4.17. The first-order valence-electron chi connectivity index (χ1n) is 8.30. The molecule has 124 valence electrons. The zero-order valence-electron chi connectivity index (χ0n) is 13.8. The quantitative estimate of drug-likeness (QED) is 0.793. The molecule has 1 aromatic heterocycles. The van der Waals surface area contributed by atoms with E-state index in [1.807, 2.05) is 12.3 Å². The molecule has 0 fully saturated rings. The molecule has 0 atom stereocenters. The minimum atomic E-state index is 0.628. The van der Waals surface area contributed by atoms with Crippen LogP contribution in [0.4, 0.5) is 0 Å². The Labute approximate surface area is 147 Å². The maximum atomic E-state index is 6.49. The number of aromatic amines is 1. The molecule has 1 aliphatic heterocycles. The van der Waals surface area contributed by atoms with Crippen molar-refractivity contribution in [3.8, 4) is 0 Å². The first-order chi connectivity index (χ1) is 11.1. The lowest BCUT2D eigenvalue weighted by Gasteiger charge is -2.13. The van der Waals surface area contributed by atoms with E-state index in [1.165, 1.54) is 16.7 Å². The van der Waals surface area contributed by atoms with Crippen LogP contribution in [0.15, 0.2) is 23.5 Å². The molecule has 23 heavy (non-hydrogen) atoms. The summed E-state index contributed by atoms with van der Waals surface area (Å²) in [7, 11) is 0. The minimum absolute atomic E-state index is 0.628. The Morgan fingerprint density at radius 3 is 2.91 bits per heavy atom. The van der Waals surface area contributed by atoms with Crippen molar-refractivity contribution in [1.29, 1.82) is 0 Å². The number of halogens is 1. The van der Waals surface area contributed by atoms with Crippen molar-refractivity contribution in [1.82, 2.24) is 15.3 Å². The van der Waals surface area contributed by atoms with Gasteiger partial charge < -0.3 is 10.3 Å². The van der Waals surface area contributed by atoms with Gasteiger partial charge in [-0.1, -0.05) is 43.3 Å². The lowest BCUT2D eigenvalue weighted by atomic mass is 9.98. The third kappa shape index (κ3) is 4.31. The van der Waals surface area contributed by atoms with Crippen LogP contribution in [0.3, 0.4) is 0 Å². The Kier molecular flexibility index (Phi) is 5.67. The summed E-state index contributed by atoms with van der Waals surface area (Å²) in [6, 6.07) is 4.24. The van der Waals surface area contributed by atoms with E-state index in [-0.39, 0.29) is 0 Å². The summed E-state index contributed by atoms with van der Waals surface area (Å²) >= 11 is 8.23. The molecule has 0 saturated heterocycles. The van der Waals surface area contributed by atoms with Crippen molar-refractivity contribution in [3.05, 3.63) is 45.7 Å². The average molecular weight is 350 g/mol. The predicted molar refractivity (Wildman–Crippen MR) is 98.4 cm³/mol. The van der Waals surface area contributed by atoms with Crippen molar-refractivity contribution < 1.29 is 0 Å². The molecule has 0 unspecified atom stereocenters. The fourth-order valence-electron chi connectivity index (χ4n) is 3.05. The van der Waals surface area contributed by atoms with E-state index in [9.17, 15) is 0 Å². The highest BCUT2D eigenvalue weighted by molar-refractivity contribution is 7.98. The van der Waals surface area contributed by atoms with E-state index in [0.29, 0.717) is 5.92 Å². The minimum Gasteiger partial charge on any atom is -0.339 e. The van der Waals surface area contributed by atoms with Crippen LogP contribution in [-0.2, 0) is 25.0 Å². The van der Waals surface area contributed by atoms with Gasteiger partial charge in [0.1, 0.15) is 0 Å². The molecule has 0 radical (unpaired) electrons. The first-order valence-corrected chi connectivity index (χ1v) is 9.66. The van der Waals surface area contributed by atoms with Gasteiger partial charge in [-0.3, -0.25) is 0 Å². The Morgan fingerprint density at radius 1 is 1.26 bits per heavy atom. The van der Waals surface area contributed by atoms with E-state index >= 15 is 0 Å². The SMILES string of the molecule is CC(C)Cc1c[nH]c(SCc2c(Cl)ccc3c2CCNCC3)n1. The second-order valence-electron chi connectivity index (χ2n) is 6.50. The van der Waals surface area contributed by atoms with Crippen molar-refractivity contribution in [3.63, 3.8) is 0 Å². The number of thioether (sulfide) groups is 1. The van der Waals surface area contributed by atoms with Gasteiger partial charge in [-0.2, -0.15) is 0 Å². The highest BCUT2D eigenvalue weighted by Gasteiger charge is 2.15. The van der Waals surface area contributed by atoms with Gasteiger partial charge >= 0.3 is 0 Å². The van der Waals surface area contributed by atoms with Crippen LogP contribution >= 0.6 is 23.4 Å². The van der Waals surface area contributed by atoms with Crippen molar-refractivity contribution in [2.24, 2.45) is 5.92 Å². The van der Waals surface area contributed by atoms with Crippen LogP contribution in [0, 0.1) is 5.92 Å². The van der Waals surface area contributed by atoms with Gasteiger partial charge in [0.25, 0.3) is 0 Å². The lowest BCUT2D eigenvalue weighted by molar-refractivity contribution is 0.635. The highest BCUT2D eigenvalue weighted by atomic mass is 35.5. The fourth-order valence-corrected chi connectivity index (χ4v) is 4.31. The van der Waals surface area contributed by atoms with Gasteiger partial charge in [0.2, 0.25) is 0 Å². The smallest absolute Gasteiger partial charge is 0.165 e. The van der Waals surface area contributed by atoms with Crippen molar-refractivity contribution >= 4 is 23.4 Å². The number of nitrogens with zero attached hydrogens (tertiary/aromatic N) is 1. The van der Waals surface area contributed by atoms with E-state index in [4.69, 9.17) is 11.6 Å². The molecule has 5 heteroatoms. The molecule has 3 rings (SSSR count). The molecular formula is C18H24ClN3S. The number of fused-ring (bicyclic) bond motifs is 1. The average Bonchev–Trinajstić information content (AvgIpc) is 2.80. The van der Waals surface area contributed by atoms with Gasteiger partial charge in [-0.25, -0.2) is 4.98 Å². The van der Waals surface area contributed by atoms with Crippen LogP contribution < -0.4 is 5.32 Å². The standard InChI is InChI=1S/C18H24ClN3S/c1-12(2)9-14-10-21-18(22-14)23-11-16-15-6-8-20-7-5-13(15)3-4-17(16)19/h3-4,10,12,20H,5-9,11H2,1-2H3,(H,21,22). The van der Waals surface area contributed by atoms with E-state index in [0.717, 1.165) is 54.0 Å². The molecule has 2 aromatic rings. The molecule has 2 N–H and O–H groups in total. The second-order valence-corrected chi connectivity index (χ2v) is 7.87. The maximum Gasteiger partial charge on any atom is 0.165 e. The summed E-state index contributed by atoms with van der Waals surface area (Å²) in [6.45, 7) is 6.52. The summed E-state index contributed by atoms with van der Waals surface area (Å²) in [5, 5.41) is 5.34. The Balaban J connectivity index is 1.74. The van der Waals surface area contributed by atoms with E-state index in [1.54, 1.807) is 11.8 Å². The first kappa shape index (κ1) is 16.9. The summed E-state index contributed by atoms with van der Waals surface area (Å²) < 4.78 is 0. The molecule has 0 aliphatic carbocycles. The lowest BCUT2D eigenvalue weighted by Crippen LogP contribution is -2.16. The monoisotopic (exact) mass is 349 g/mol. The zero-order valence-corrected chi connectivity index (χ0v) is 15.4. The number of hydrogen-bond donors (Lipinski definition) is 2. The second kappa shape index (κ2) is 7.73. The van der Waals surface area contributed by atoms with Crippen LogP contribution in [0.5, 0.6) is 0 Å². The molecule has 0 spiro atoms. The van der Waals surface area contributed by atoms with Gasteiger partial charge in [0.05, 0.1) is 5.69 Å². The summed E-state index contributed by atoms with van der Waals surface area (Å²) in [6.07, 6.45) is 5.19. The van der Waals surface area contributed by atoms with Crippen molar-refractivity contribution in [2.45, 2.75) is 44.0 Å². The number of hydrogen-bond acceptors (Lipinski definition) is 3.